The number of carbonyl (C=O) groups excluding carboxylic acids is 1. The molecule has 1 aliphatic heterocycles. The van der Waals surface area contributed by atoms with Gasteiger partial charge in [0.1, 0.15) is 0 Å². The minimum atomic E-state index is 0. The van der Waals surface area contributed by atoms with E-state index in [1.807, 2.05) is 13.8 Å². The molecule has 1 unspecified atom stereocenters. The minimum Gasteiger partial charge on any atom is -0.356 e. The summed E-state index contributed by atoms with van der Waals surface area (Å²) in [4.78, 5) is 18.4. The molecule has 6 heteroatoms. The maximum absolute atomic E-state index is 11.7. The van der Waals surface area contributed by atoms with Crippen LogP contribution in [-0.4, -0.2) is 49.5 Å². The average Bonchev–Trinajstić information content (AvgIpc) is 3.00. The highest BCUT2D eigenvalue weighted by Crippen LogP contribution is 2.20. The van der Waals surface area contributed by atoms with E-state index >= 15 is 0 Å². The lowest BCUT2D eigenvalue weighted by molar-refractivity contribution is -0.121. The van der Waals surface area contributed by atoms with Gasteiger partial charge < -0.3 is 15.5 Å². The first-order valence-electron chi connectivity index (χ1n) is 8.87. The van der Waals surface area contributed by atoms with Crippen LogP contribution >= 0.6 is 24.0 Å². The lowest BCUT2D eigenvalue weighted by Crippen LogP contribution is -2.42. The number of nitrogens with zero attached hydrogens (tertiary/aromatic N) is 2. The van der Waals surface area contributed by atoms with Gasteiger partial charge >= 0.3 is 0 Å². The van der Waals surface area contributed by atoms with E-state index in [2.05, 4.69) is 50.9 Å². The molecule has 1 amide bonds. The molecule has 0 aliphatic carbocycles. The summed E-state index contributed by atoms with van der Waals surface area (Å²) in [5.74, 6) is 1.65. The van der Waals surface area contributed by atoms with E-state index in [-0.39, 0.29) is 35.9 Å². The van der Waals surface area contributed by atoms with Crippen molar-refractivity contribution in [1.29, 1.82) is 0 Å². The number of aliphatic imine (C=N–C) groups is 1. The van der Waals surface area contributed by atoms with Gasteiger partial charge in [0.15, 0.2) is 5.96 Å². The van der Waals surface area contributed by atoms with Crippen molar-refractivity contribution in [1.82, 2.24) is 15.5 Å². The highest BCUT2D eigenvalue weighted by atomic mass is 127. The van der Waals surface area contributed by atoms with E-state index in [0.717, 1.165) is 25.5 Å². The van der Waals surface area contributed by atoms with Gasteiger partial charge in [-0.3, -0.25) is 9.79 Å². The molecule has 0 spiro atoms. The number of amides is 1. The van der Waals surface area contributed by atoms with Gasteiger partial charge in [0.25, 0.3) is 0 Å². The molecule has 25 heavy (non-hydrogen) atoms. The van der Waals surface area contributed by atoms with Crippen LogP contribution in [0, 0.1) is 5.92 Å². The highest BCUT2D eigenvalue weighted by molar-refractivity contribution is 14.0. The van der Waals surface area contributed by atoms with Gasteiger partial charge in [-0.2, -0.15) is 0 Å². The molecule has 5 nitrogen and oxygen atoms in total. The third kappa shape index (κ3) is 7.63. The number of likely N-dealkylation sites (tertiary alicyclic amines) is 1. The molecule has 1 fully saturated rings. The van der Waals surface area contributed by atoms with Crippen LogP contribution in [-0.2, 0) is 11.2 Å². The lowest BCUT2D eigenvalue weighted by Gasteiger charge is -2.22. The van der Waals surface area contributed by atoms with Gasteiger partial charge in [0, 0.05) is 39.1 Å². The predicted molar refractivity (Wildman–Crippen MR) is 114 cm³/mol. The standard InChI is InChI=1S/C19H30N4O.HI/c1-15(2)22-18(24)9-11-21-19(20-3)23-12-10-17(14-23)13-16-7-5-4-6-8-16;/h4-8,15,17H,9-14H2,1-3H3,(H,20,21)(H,22,24);1H. The fraction of sp³-hybridized carbons (Fsp3) is 0.579. The summed E-state index contributed by atoms with van der Waals surface area (Å²) < 4.78 is 0. The smallest absolute Gasteiger partial charge is 0.221 e. The van der Waals surface area contributed by atoms with Gasteiger partial charge in [0.2, 0.25) is 5.91 Å². The van der Waals surface area contributed by atoms with Crippen LogP contribution in [0.3, 0.4) is 0 Å². The number of guanidine groups is 1. The van der Waals surface area contributed by atoms with Crippen LogP contribution in [0.2, 0.25) is 0 Å². The molecule has 1 aromatic rings. The fourth-order valence-corrected chi connectivity index (χ4v) is 3.15. The summed E-state index contributed by atoms with van der Waals surface area (Å²) in [6.07, 6.45) is 2.77. The summed E-state index contributed by atoms with van der Waals surface area (Å²) in [6, 6.07) is 10.8. The molecule has 2 rings (SSSR count). The number of hydrogen-bond acceptors (Lipinski definition) is 2. The first-order chi connectivity index (χ1) is 11.6. The van der Waals surface area contributed by atoms with Crippen molar-refractivity contribution in [3.05, 3.63) is 35.9 Å². The zero-order valence-electron chi connectivity index (χ0n) is 15.5. The normalized spacial score (nSPS) is 17.4. The molecule has 0 radical (unpaired) electrons. The third-order valence-corrected chi connectivity index (χ3v) is 4.25. The van der Waals surface area contributed by atoms with Crippen molar-refractivity contribution >= 4 is 35.8 Å². The Balaban J connectivity index is 0.00000312. The van der Waals surface area contributed by atoms with Crippen LogP contribution < -0.4 is 10.6 Å². The monoisotopic (exact) mass is 458 g/mol. The van der Waals surface area contributed by atoms with Crippen LogP contribution in [0.1, 0.15) is 32.3 Å². The van der Waals surface area contributed by atoms with Gasteiger partial charge in [-0.25, -0.2) is 0 Å². The van der Waals surface area contributed by atoms with Crippen LogP contribution in [0.15, 0.2) is 35.3 Å². The molecule has 1 saturated heterocycles. The zero-order valence-corrected chi connectivity index (χ0v) is 17.8. The van der Waals surface area contributed by atoms with Gasteiger partial charge in [-0.1, -0.05) is 30.3 Å². The molecule has 1 atom stereocenters. The van der Waals surface area contributed by atoms with Crippen molar-refractivity contribution in [2.75, 3.05) is 26.7 Å². The molecule has 140 valence electrons. The molecule has 1 aromatic carbocycles. The molecule has 0 saturated carbocycles. The number of rotatable bonds is 6. The number of benzene rings is 1. The first-order valence-corrected chi connectivity index (χ1v) is 8.87. The largest absolute Gasteiger partial charge is 0.356 e. The molecular formula is C19H31IN4O. The Labute approximate surface area is 168 Å². The summed E-state index contributed by atoms with van der Waals surface area (Å²) in [7, 11) is 1.81. The van der Waals surface area contributed by atoms with Crippen molar-refractivity contribution in [3.8, 4) is 0 Å². The van der Waals surface area contributed by atoms with Crippen molar-refractivity contribution < 1.29 is 4.79 Å². The maximum Gasteiger partial charge on any atom is 0.221 e. The SMILES string of the molecule is CN=C(NCCC(=O)NC(C)C)N1CCC(Cc2ccccc2)C1.I. The second-order valence-corrected chi connectivity index (χ2v) is 6.74. The van der Waals surface area contributed by atoms with Crippen LogP contribution in [0.25, 0.3) is 0 Å². The number of carbonyl (C=O) groups is 1. The van der Waals surface area contributed by atoms with E-state index in [0.29, 0.717) is 18.9 Å². The quantitative estimate of drug-likeness (QED) is 0.392. The highest BCUT2D eigenvalue weighted by Gasteiger charge is 2.24. The molecule has 1 aliphatic rings. The van der Waals surface area contributed by atoms with Gasteiger partial charge in [0.05, 0.1) is 0 Å². The number of hydrogen-bond donors (Lipinski definition) is 2. The van der Waals surface area contributed by atoms with Crippen molar-refractivity contribution in [2.24, 2.45) is 10.9 Å². The number of nitrogens with one attached hydrogen (secondary N) is 2. The summed E-state index contributed by atoms with van der Waals surface area (Å²) in [5, 5.41) is 6.22. The average molecular weight is 458 g/mol. The predicted octanol–water partition coefficient (Wildman–Crippen LogP) is 2.66. The topological polar surface area (TPSA) is 56.7 Å². The second kappa shape index (κ2) is 11.3. The molecule has 0 bridgehead atoms. The Morgan fingerprint density at radius 3 is 2.68 bits per heavy atom. The van der Waals surface area contributed by atoms with E-state index in [1.165, 1.54) is 12.0 Å². The Bertz CT molecular complexity index is 548. The minimum absolute atomic E-state index is 0. The Morgan fingerprint density at radius 2 is 2.04 bits per heavy atom. The number of halogens is 1. The van der Waals surface area contributed by atoms with Crippen LogP contribution in [0.4, 0.5) is 0 Å². The Hall–Kier alpha value is -1.31. The van der Waals surface area contributed by atoms with Crippen molar-refractivity contribution in [2.45, 2.75) is 39.2 Å². The van der Waals surface area contributed by atoms with Gasteiger partial charge in [-0.15, -0.1) is 24.0 Å². The summed E-state index contributed by atoms with van der Waals surface area (Å²) in [5.41, 5.74) is 1.40. The molecule has 0 aromatic heterocycles. The maximum atomic E-state index is 11.7. The van der Waals surface area contributed by atoms with E-state index in [4.69, 9.17) is 0 Å². The molecular weight excluding hydrogens is 427 g/mol. The van der Waals surface area contributed by atoms with E-state index in [9.17, 15) is 4.79 Å². The Kier molecular flexibility index (Phi) is 9.85. The molecule has 1 heterocycles. The summed E-state index contributed by atoms with van der Waals surface area (Å²) >= 11 is 0. The summed E-state index contributed by atoms with van der Waals surface area (Å²) in [6.45, 7) is 6.61. The fourth-order valence-electron chi connectivity index (χ4n) is 3.15. The third-order valence-electron chi connectivity index (χ3n) is 4.25. The van der Waals surface area contributed by atoms with Gasteiger partial charge in [-0.05, 0) is 38.2 Å². The van der Waals surface area contributed by atoms with E-state index in [1.54, 1.807) is 7.05 Å². The molecule has 2 N–H and O–H groups in total. The lowest BCUT2D eigenvalue weighted by atomic mass is 9.99. The second-order valence-electron chi connectivity index (χ2n) is 6.74. The first kappa shape index (κ1) is 21.7. The van der Waals surface area contributed by atoms with Crippen molar-refractivity contribution in [3.63, 3.8) is 0 Å². The van der Waals surface area contributed by atoms with E-state index < -0.39 is 0 Å². The zero-order chi connectivity index (χ0) is 17.4. The van der Waals surface area contributed by atoms with Crippen LogP contribution in [0.5, 0.6) is 0 Å². The Morgan fingerprint density at radius 1 is 1.32 bits per heavy atom.